The van der Waals surface area contributed by atoms with Gasteiger partial charge in [0.1, 0.15) is 11.3 Å². The van der Waals surface area contributed by atoms with Gasteiger partial charge in [-0.25, -0.2) is 0 Å². The summed E-state index contributed by atoms with van der Waals surface area (Å²) >= 11 is 0. The van der Waals surface area contributed by atoms with E-state index in [-0.39, 0.29) is 5.91 Å². The van der Waals surface area contributed by atoms with Gasteiger partial charge in [-0.2, -0.15) is 5.10 Å². The van der Waals surface area contributed by atoms with Crippen molar-refractivity contribution in [2.45, 2.75) is 6.92 Å². The molecule has 0 atom stereocenters. The molecule has 6 heteroatoms. The van der Waals surface area contributed by atoms with Gasteiger partial charge in [0.2, 0.25) is 0 Å². The minimum atomic E-state index is -0.245. The van der Waals surface area contributed by atoms with Gasteiger partial charge in [-0.3, -0.25) is 9.89 Å². The van der Waals surface area contributed by atoms with E-state index in [1.54, 1.807) is 13.1 Å². The van der Waals surface area contributed by atoms with Crippen molar-refractivity contribution >= 4 is 11.6 Å². The summed E-state index contributed by atoms with van der Waals surface area (Å²) < 4.78 is 4.88. The Kier molecular flexibility index (Phi) is 3.04. The maximum absolute atomic E-state index is 12.1. The van der Waals surface area contributed by atoms with Crippen LogP contribution in [0.25, 0.3) is 11.3 Å². The van der Waals surface area contributed by atoms with Crippen LogP contribution in [0, 0.1) is 6.92 Å². The van der Waals surface area contributed by atoms with Gasteiger partial charge in [0.05, 0.1) is 11.9 Å². The molecule has 0 fully saturated rings. The fraction of sp³-hybridized carbons (Fsp3) is 0.0714. The molecule has 1 amide bonds. The van der Waals surface area contributed by atoms with E-state index in [0.717, 1.165) is 11.3 Å². The fourth-order valence-corrected chi connectivity index (χ4v) is 1.90. The number of H-pyrrole nitrogens is 1. The smallest absolute Gasteiger partial charge is 0.260 e. The molecule has 0 unspecified atom stereocenters. The van der Waals surface area contributed by atoms with Crippen LogP contribution in [0.3, 0.4) is 0 Å². The minimum absolute atomic E-state index is 0.245. The van der Waals surface area contributed by atoms with Crippen molar-refractivity contribution in [2.75, 3.05) is 5.32 Å². The molecule has 0 aliphatic carbocycles. The predicted octanol–water partition coefficient (Wildman–Crippen LogP) is 2.63. The molecule has 0 radical (unpaired) electrons. The number of hydrogen-bond donors (Lipinski definition) is 2. The summed E-state index contributed by atoms with van der Waals surface area (Å²) in [6.45, 7) is 1.70. The van der Waals surface area contributed by atoms with Gasteiger partial charge in [-0.05, 0) is 25.1 Å². The largest absolute Gasteiger partial charge is 0.361 e. The molecule has 20 heavy (non-hydrogen) atoms. The van der Waals surface area contributed by atoms with Crippen molar-refractivity contribution in [3.63, 3.8) is 0 Å². The highest BCUT2D eigenvalue weighted by Crippen LogP contribution is 2.21. The predicted molar refractivity (Wildman–Crippen MR) is 73.2 cm³/mol. The molecule has 100 valence electrons. The highest BCUT2D eigenvalue weighted by molar-refractivity contribution is 6.04. The lowest BCUT2D eigenvalue weighted by Crippen LogP contribution is -2.12. The Morgan fingerprint density at radius 1 is 1.35 bits per heavy atom. The van der Waals surface area contributed by atoms with Crippen molar-refractivity contribution in [1.29, 1.82) is 0 Å². The molecule has 2 heterocycles. The number of carbonyl (C=O) groups is 1. The SMILES string of the molecule is Cc1oncc1C(=O)Nc1cccc(-c2ccn[nH]2)c1. The van der Waals surface area contributed by atoms with Crippen molar-refractivity contribution < 1.29 is 9.32 Å². The molecule has 3 rings (SSSR count). The Bertz CT molecular complexity index is 731. The van der Waals surface area contributed by atoms with E-state index in [1.807, 2.05) is 30.3 Å². The maximum atomic E-state index is 12.1. The van der Waals surface area contributed by atoms with E-state index in [2.05, 4.69) is 20.7 Å². The summed E-state index contributed by atoms with van der Waals surface area (Å²) in [6, 6.07) is 9.36. The van der Waals surface area contributed by atoms with E-state index in [4.69, 9.17) is 4.52 Å². The number of amides is 1. The molecule has 1 aromatic carbocycles. The van der Waals surface area contributed by atoms with Crippen LogP contribution >= 0.6 is 0 Å². The topological polar surface area (TPSA) is 83.8 Å². The normalized spacial score (nSPS) is 10.4. The first-order valence-corrected chi connectivity index (χ1v) is 6.06. The van der Waals surface area contributed by atoms with Gasteiger partial charge < -0.3 is 9.84 Å². The van der Waals surface area contributed by atoms with Crippen LogP contribution in [0.1, 0.15) is 16.1 Å². The molecule has 6 nitrogen and oxygen atoms in total. The number of aryl methyl sites for hydroxylation is 1. The Balaban J connectivity index is 1.83. The quantitative estimate of drug-likeness (QED) is 0.764. The number of anilines is 1. The van der Waals surface area contributed by atoms with Crippen LogP contribution in [0.15, 0.2) is 47.2 Å². The molecule has 2 aromatic heterocycles. The van der Waals surface area contributed by atoms with Crippen LogP contribution in [-0.4, -0.2) is 21.3 Å². The zero-order valence-corrected chi connectivity index (χ0v) is 10.8. The van der Waals surface area contributed by atoms with Crippen molar-refractivity contribution in [1.82, 2.24) is 15.4 Å². The number of nitrogens with one attached hydrogen (secondary N) is 2. The van der Waals surface area contributed by atoms with Gasteiger partial charge >= 0.3 is 0 Å². The zero-order chi connectivity index (χ0) is 13.9. The first kappa shape index (κ1) is 12.2. The minimum Gasteiger partial charge on any atom is -0.361 e. The number of rotatable bonds is 3. The van der Waals surface area contributed by atoms with E-state index in [9.17, 15) is 4.79 Å². The lowest BCUT2D eigenvalue weighted by Gasteiger charge is -2.05. The van der Waals surface area contributed by atoms with E-state index in [0.29, 0.717) is 17.0 Å². The van der Waals surface area contributed by atoms with E-state index < -0.39 is 0 Å². The number of benzene rings is 1. The second-order valence-corrected chi connectivity index (χ2v) is 4.30. The third kappa shape index (κ3) is 2.31. The van der Waals surface area contributed by atoms with E-state index in [1.165, 1.54) is 6.20 Å². The molecule has 0 bridgehead atoms. The molecule has 2 N–H and O–H groups in total. The zero-order valence-electron chi connectivity index (χ0n) is 10.8. The van der Waals surface area contributed by atoms with Gasteiger partial charge in [0, 0.05) is 17.4 Å². The first-order valence-electron chi connectivity index (χ1n) is 6.06. The van der Waals surface area contributed by atoms with Crippen molar-refractivity contribution in [2.24, 2.45) is 0 Å². The number of aromatic nitrogens is 3. The summed E-state index contributed by atoms with van der Waals surface area (Å²) in [5.41, 5.74) is 2.96. The van der Waals surface area contributed by atoms with Crippen LogP contribution in [0.2, 0.25) is 0 Å². The average Bonchev–Trinajstić information content (AvgIpc) is 3.09. The monoisotopic (exact) mass is 268 g/mol. The number of aromatic amines is 1. The molecule has 0 saturated carbocycles. The van der Waals surface area contributed by atoms with Crippen molar-refractivity contribution in [3.05, 3.63) is 54.0 Å². The molecule has 0 saturated heterocycles. The highest BCUT2D eigenvalue weighted by atomic mass is 16.5. The van der Waals surface area contributed by atoms with Crippen LogP contribution in [-0.2, 0) is 0 Å². The summed E-state index contributed by atoms with van der Waals surface area (Å²) in [5.74, 6) is 0.248. The summed E-state index contributed by atoms with van der Waals surface area (Å²) in [7, 11) is 0. The summed E-state index contributed by atoms with van der Waals surface area (Å²) in [5, 5.41) is 13.2. The second-order valence-electron chi connectivity index (χ2n) is 4.30. The number of carbonyl (C=O) groups excluding carboxylic acids is 1. The second kappa shape index (κ2) is 5.00. The van der Waals surface area contributed by atoms with Crippen LogP contribution in [0.4, 0.5) is 5.69 Å². The fourth-order valence-electron chi connectivity index (χ4n) is 1.90. The first-order chi connectivity index (χ1) is 9.74. The third-order valence-electron chi connectivity index (χ3n) is 2.93. The molecule has 0 aliphatic rings. The van der Waals surface area contributed by atoms with Gasteiger partial charge in [-0.15, -0.1) is 0 Å². The van der Waals surface area contributed by atoms with Gasteiger partial charge in [-0.1, -0.05) is 17.3 Å². The van der Waals surface area contributed by atoms with E-state index >= 15 is 0 Å². The number of nitrogens with zero attached hydrogens (tertiary/aromatic N) is 2. The Morgan fingerprint density at radius 3 is 2.95 bits per heavy atom. The lowest BCUT2D eigenvalue weighted by molar-refractivity contribution is 0.102. The number of hydrogen-bond acceptors (Lipinski definition) is 4. The highest BCUT2D eigenvalue weighted by Gasteiger charge is 2.13. The Morgan fingerprint density at radius 2 is 2.25 bits per heavy atom. The molecule has 0 aliphatic heterocycles. The maximum Gasteiger partial charge on any atom is 0.260 e. The van der Waals surface area contributed by atoms with Crippen LogP contribution < -0.4 is 5.32 Å². The Hall–Kier alpha value is -2.89. The molecule has 0 spiro atoms. The summed E-state index contributed by atoms with van der Waals surface area (Å²) in [6.07, 6.45) is 3.09. The summed E-state index contributed by atoms with van der Waals surface area (Å²) in [4.78, 5) is 12.1. The average molecular weight is 268 g/mol. The third-order valence-corrected chi connectivity index (χ3v) is 2.93. The Labute approximate surface area is 114 Å². The van der Waals surface area contributed by atoms with Crippen LogP contribution in [0.5, 0.6) is 0 Å². The van der Waals surface area contributed by atoms with Gasteiger partial charge in [0.25, 0.3) is 5.91 Å². The molecule has 3 aromatic rings. The molecular weight excluding hydrogens is 256 g/mol. The van der Waals surface area contributed by atoms with Crippen molar-refractivity contribution in [3.8, 4) is 11.3 Å². The lowest BCUT2D eigenvalue weighted by atomic mass is 10.1. The standard InChI is InChI=1S/C14H12N4O2/c1-9-12(8-16-20-9)14(19)17-11-4-2-3-10(7-11)13-5-6-15-18-13/h2-8H,1H3,(H,15,18)(H,17,19). The molecular formula is C14H12N4O2. The van der Waals surface area contributed by atoms with Gasteiger partial charge in [0.15, 0.2) is 0 Å².